The highest BCUT2D eigenvalue weighted by Gasteiger charge is 2.18. The highest BCUT2D eigenvalue weighted by molar-refractivity contribution is 9.08. The standard InChI is InChI=1S/C8H7BrF2N2O/c9-2-4-1-5(3-14)13-8(12)6(4)7(10)11/h1,3,7H,2H2,(H2,12,13). The van der Waals surface area contributed by atoms with Crippen molar-refractivity contribution in [1.82, 2.24) is 4.98 Å². The Morgan fingerprint density at radius 3 is 2.71 bits per heavy atom. The zero-order chi connectivity index (χ0) is 10.7. The van der Waals surface area contributed by atoms with Crippen LogP contribution in [0.15, 0.2) is 6.07 Å². The molecule has 0 unspecified atom stereocenters. The molecule has 1 rings (SSSR count). The highest BCUT2D eigenvalue weighted by Crippen LogP contribution is 2.29. The van der Waals surface area contributed by atoms with Crippen molar-refractivity contribution < 1.29 is 13.6 Å². The number of halogens is 3. The van der Waals surface area contributed by atoms with E-state index < -0.39 is 6.43 Å². The lowest BCUT2D eigenvalue weighted by atomic mass is 10.1. The van der Waals surface area contributed by atoms with Gasteiger partial charge in [-0.1, -0.05) is 15.9 Å². The fraction of sp³-hybridized carbons (Fsp3) is 0.250. The molecule has 76 valence electrons. The Kier molecular flexibility index (Phi) is 3.51. The molecule has 0 aromatic carbocycles. The van der Waals surface area contributed by atoms with Crippen LogP contribution in [0.2, 0.25) is 0 Å². The summed E-state index contributed by atoms with van der Waals surface area (Å²) in [6.45, 7) is 0. The third-order valence-electron chi connectivity index (χ3n) is 1.68. The number of aromatic nitrogens is 1. The lowest BCUT2D eigenvalue weighted by molar-refractivity contribution is 0.111. The number of nitrogen functional groups attached to an aromatic ring is 1. The molecule has 0 radical (unpaired) electrons. The number of alkyl halides is 3. The van der Waals surface area contributed by atoms with E-state index in [0.717, 1.165) is 0 Å². The normalized spacial score (nSPS) is 10.6. The van der Waals surface area contributed by atoms with Gasteiger partial charge in [0.2, 0.25) is 0 Å². The number of aldehydes is 1. The Morgan fingerprint density at radius 1 is 1.64 bits per heavy atom. The van der Waals surface area contributed by atoms with Gasteiger partial charge in [-0.05, 0) is 11.6 Å². The number of carbonyl (C=O) groups excluding carboxylic acids is 1. The number of nitrogens with zero attached hydrogens (tertiary/aromatic N) is 1. The fourth-order valence-electron chi connectivity index (χ4n) is 1.08. The van der Waals surface area contributed by atoms with Crippen molar-refractivity contribution in [3.05, 3.63) is 22.9 Å². The molecule has 0 spiro atoms. The number of carbonyl (C=O) groups is 1. The molecule has 0 saturated heterocycles. The van der Waals surface area contributed by atoms with Crippen LogP contribution in [0.25, 0.3) is 0 Å². The summed E-state index contributed by atoms with van der Waals surface area (Å²) in [4.78, 5) is 13.9. The van der Waals surface area contributed by atoms with Gasteiger partial charge in [0.15, 0.2) is 6.29 Å². The van der Waals surface area contributed by atoms with Crippen molar-refractivity contribution in [3.63, 3.8) is 0 Å². The van der Waals surface area contributed by atoms with Gasteiger partial charge >= 0.3 is 0 Å². The summed E-state index contributed by atoms with van der Waals surface area (Å²) in [7, 11) is 0. The summed E-state index contributed by atoms with van der Waals surface area (Å²) in [5.41, 5.74) is 5.33. The molecule has 0 saturated carbocycles. The van der Waals surface area contributed by atoms with Gasteiger partial charge in [-0.25, -0.2) is 13.8 Å². The van der Waals surface area contributed by atoms with Gasteiger partial charge in [0.25, 0.3) is 6.43 Å². The third-order valence-corrected chi connectivity index (χ3v) is 2.28. The molecule has 6 heteroatoms. The Balaban J connectivity index is 3.34. The molecule has 1 aromatic heterocycles. The van der Waals surface area contributed by atoms with Crippen LogP contribution < -0.4 is 5.73 Å². The molecule has 0 bridgehead atoms. The van der Waals surface area contributed by atoms with Crippen molar-refractivity contribution in [2.24, 2.45) is 0 Å². The topological polar surface area (TPSA) is 56.0 Å². The van der Waals surface area contributed by atoms with Crippen LogP contribution in [-0.2, 0) is 5.33 Å². The van der Waals surface area contributed by atoms with Crippen molar-refractivity contribution in [2.45, 2.75) is 11.8 Å². The summed E-state index contributed by atoms with van der Waals surface area (Å²) in [6, 6.07) is 1.29. The molecule has 0 aliphatic rings. The van der Waals surface area contributed by atoms with Crippen LogP contribution in [0.3, 0.4) is 0 Å². The molecule has 14 heavy (non-hydrogen) atoms. The van der Waals surface area contributed by atoms with Crippen LogP contribution >= 0.6 is 15.9 Å². The summed E-state index contributed by atoms with van der Waals surface area (Å²) >= 11 is 3.04. The average Bonchev–Trinajstić information content (AvgIpc) is 2.15. The van der Waals surface area contributed by atoms with Gasteiger partial charge in [-0.2, -0.15) is 0 Å². The zero-order valence-corrected chi connectivity index (χ0v) is 8.59. The van der Waals surface area contributed by atoms with Crippen molar-refractivity contribution in [2.75, 3.05) is 5.73 Å². The first-order valence-electron chi connectivity index (χ1n) is 3.68. The summed E-state index contributed by atoms with van der Waals surface area (Å²) in [5.74, 6) is -0.293. The molecule has 0 atom stereocenters. The van der Waals surface area contributed by atoms with E-state index in [4.69, 9.17) is 5.73 Å². The molecule has 0 amide bonds. The lowest BCUT2D eigenvalue weighted by Crippen LogP contribution is -2.05. The van der Waals surface area contributed by atoms with E-state index in [1.807, 2.05) is 0 Å². The van der Waals surface area contributed by atoms with E-state index in [1.165, 1.54) is 6.07 Å². The van der Waals surface area contributed by atoms with Gasteiger partial charge in [-0.3, -0.25) is 4.79 Å². The number of rotatable bonds is 3. The second-order valence-corrected chi connectivity index (χ2v) is 3.12. The predicted octanol–water partition coefficient (Wildman–Crippen LogP) is 2.31. The third kappa shape index (κ3) is 2.06. The molecule has 0 aliphatic carbocycles. The highest BCUT2D eigenvalue weighted by atomic mass is 79.9. The minimum absolute atomic E-state index is 0.0568. The molecule has 3 nitrogen and oxygen atoms in total. The largest absolute Gasteiger partial charge is 0.383 e. The quantitative estimate of drug-likeness (QED) is 0.674. The number of nitrogens with two attached hydrogens (primary N) is 1. The van der Waals surface area contributed by atoms with E-state index in [-0.39, 0.29) is 28.0 Å². The van der Waals surface area contributed by atoms with E-state index in [0.29, 0.717) is 6.29 Å². The maximum absolute atomic E-state index is 12.5. The first-order valence-corrected chi connectivity index (χ1v) is 4.81. The minimum Gasteiger partial charge on any atom is -0.383 e. The molecular weight excluding hydrogens is 258 g/mol. The van der Waals surface area contributed by atoms with Crippen LogP contribution in [0, 0.1) is 0 Å². The number of pyridine rings is 1. The van der Waals surface area contributed by atoms with Crippen LogP contribution in [0.1, 0.15) is 28.0 Å². The molecule has 1 aromatic rings. The van der Waals surface area contributed by atoms with Crippen LogP contribution in [0.4, 0.5) is 14.6 Å². The van der Waals surface area contributed by atoms with Crippen molar-refractivity contribution in [3.8, 4) is 0 Å². The smallest absolute Gasteiger partial charge is 0.267 e. The van der Waals surface area contributed by atoms with Crippen LogP contribution in [-0.4, -0.2) is 11.3 Å². The summed E-state index contributed by atoms with van der Waals surface area (Å²) in [6.07, 6.45) is -2.21. The Hall–Kier alpha value is -1.04. The van der Waals surface area contributed by atoms with Gasteiger partial charge in [0.05, 0.1) is 5.56 Å². The first-order chi connectivity index (χ1) is 6.60. The Bertz CT molecular complexity index is 357. The summed E-state index contributed by atoms with van der Waals surface area (Å²) in [5, 5.41) is 0.209. The molecule has 0 fully saturated rings. The minimum atomic E-state index is -2.68. The van der Waals surface area contributed by atoms with Crippen LogP contribution in [0.5, 0.6) is 0 Å². The predicted molar refractivity (Wildman–Crippen MR) is 51.6 cm³/mol. The zero-order valence-electron chi connectivity index (χ0n) is 7.01. The van der Waals surface area contributed by atoms with Gasteiger partial charge in [0.1, 0.15) is 11.5 Å². The fourth-order valence-corrected chi connectivity index (χ4v) is 1.54. The second kappa shape index (κ2) is 4.45. The molecule has 0 aliphatic heterocycles. The number of hydrogen-bond acceptors (Lipinski definition) is 3. The monoisotopic (exact) mass is 264 g/mol. The molecular formula is C8H7BrF2N2O. The lowest BCUT2D eigenvalue weighted by Gasteiger charge is -2.09. The van der Waals surface area contributed by atoms with Gasteiger partial charge in [0, 0.05) is 5.33 Å². The van der Waals surface area contributed by atoms with Crippen molar-refractivity contribution >= 4 is 28.0 Å². The van der Waals surface area contributed by atoms with Gasteiger partial charge in [-0.15, -0.1) is 0 Å². The van der Waals surface area contributed by atoms with E-state index >= 15 is 0 Å². The maximum atomic E-state index is 12.5. The second-order valence-electron chi connectivity index (χ2n) is 2.56. The Labute approximate surface area is 87.4 Å². The van der Waals surface area contributed by atoms with E-state index in [1.54, 1.807) is 0 Å². The molecule has 2 N–H and O–H groups in total. The SMILES string of the molecule is Nc1nc(C=O)cc(CBr)c1C(F)F. The van der Waals surface area contributed by atoms with E-state index in [2.05, 4.69) is 20.9 Å². The summed E-state index contributed by atoms with van der Waals surface area (Å²) < 4.78 is 25.0. The maximum Gasteiger partial charge on any atom is 0.267 e. The average molecular weight is 265 g/mol. The Morgan fingerprint density at radius 2 is 2.29 bits per heavy atom. The van der Waals surface area contributed by atoms with E-state index in [9.17, 15) is 13.6 Å². The first kappa shape index (κ1) is 11.0. The number of anilines is 1. The molecule has 1 heterocycles. The van der Waals surface area contributed by atoms with Gasteiger partial charge < -0.3 is 5.73 Å². The van der Waals surface area contributed by atoms with Crippen molar-refractivity contribution in [1.29, 1.82) is 0 Å². The number of hydrogen-bond donors (Lipinski definition) is 1.